The zero-order valence-electron chi connectivity index (χ0n) is 12.2. The van der Waals surface area contributed by atoms with Crippen LogP contribution in [0.2, 0.25) is 0 Å². The van der Waals surface area contributed by atoms with Gasteiger partial charge in [-0.25, -0.2) is 4.98 Å². The van der Waals surface area contributed by atoms with Crippen LogP contribution in [0.3, 0.4) is 0 Å². The van der Waals surface area contributed by atoms with Crippen molar-refractivity contribution >= 4 is 11.8 Å². The van der Waals surface area contributed by atoms with Gasteiger partial charge in [0, 0.05) is 31.9 Å². The second-order valence-corrected chi connectivity index (χ2v) is 5.47. The Hall–Kier alpha value is -1.36. The Morgan fingerprint density at radius 2 is 2.11 bits per heavy atom. The van der Waals surface area contributed by atoms with Crippen molar-refractivity contribution in [2.45, 2.75) is 26.7 Å². The van der Waals surface area contributed by atoms with E-state index in [-0.39, 0.29) is 0 Å². The summed E-state index contributed by atoms with van der Waals surface area (Å²) in [5.41, 5.74) is 1.09. The summed E-state index contributed by atoms with van der Waals surface area (Å²) in [5.74, 6) is 2.23. The summed E-state index contributed by atoms with van der Waals surface area (Å²) in [4.78, 5) is 11.2. The van der Waals surface area contributed by atoms with E-state index >= 15 is 0 Å². The third-order valence-corrected chi connectivity index (χ3v) is 3.58. The topological polar surface area (TPSA) is 53.1 Å². The fraction of sp³-hybridized carbons (Fsp3) is 0.714. The van der Waals surface area contributed by atoms with Crippen LogP contribution in [0, 0.1) is 12.8 Å². The summed E-state index contributed by atoms with van der Waals surface area (Å²) in [6, 6.07) is 0. The zero-order chi connectivity index (χ0) is 13.7. The lowest BCUT2D eigenvalue weighted by atomic mass is 10.1. The molecule has 106 valence electrons. The first kappa shape index (κ1) is 14.1. The molecule has 1 aliphatic rings. The van der Waals surface area contributed by atoms with Crippen molar-refractivity contribution in [3.8, 4) is 0 Å². The van der Waals surface area contributed by atoms with E-state index in [4.69, 9.17) is 0 Å². The van der Waals surface area contributed by atoms with Gasteiger partial charge >= 0.3 is 0 Å². The molecule has 1 fully saturated rings. The molecular weight excluding hydrogens is 238 g/mol. The average Bonchev–Trinajstić information content (AvgIpc) is 2.90. The molecule has 5 nitrogen and oxygen atoms in total. The van der Waals surface area contributed by atoms with Crippen LogP contribution < -0.4 is 10.6 Å². The number of anilines is 2. The first-order chi connectivity index (χ1) is 9.19. The number of aromatic nitrogens is 2. The maximum Gasteiger partial charge on any atom is 0.224 e. The van der Waals surface area contributed by atoms with Crippen LogP contribution in [-0.4, -0.2) is 48.1 Å². The molecule has 0 saturated carbocycles. The molecule has 1 saturated heterocycles. The van der Waals surface area contributed by atoms with Crippen molar-refractivity contribution in [1.82, 2.24) is 14.9 Å². The summed E-state index contributed by atoms with van der Waals surface area (Å²) in [5, 5.41) is 6.41. The smallest absolute Gasteiger partial charge is 0.224 e. The highest BCUT2D eigenvalue weighted by molar-refractivity contribution is 5.46. The van der Waals surface area contributed by atoms with E-state index in [9.17, 15) is 0 Å². The highest BCUT2D eigenvalue weighted by atomic mass is 15.2. The molecule has 2 N–H and O–H groups in total. The van der Waals surface area contributed by atoms with Gasteiger partial charge in [-0.05, 0) is 38.8 Å². The highest BCUT2D eigenvalue weighted by Crippen LogP contribution is 2.14. The molecule has 0 radical (unpaired) electrons. The number of rotatable bonds is 6. The predicted octanol–water partition coefficient (Wildman–Crippen LogP) is 1.97. The maximum atomic E-state index is 4.45. The number of aryl methyl sites for hydroxylation is 1. The van der Waals surface area contributed by atoms with Crippen molar-refractivity contribution < 1.29 is 0 Å². The molecule has 2 rings (SSSR count). The summed E-state index contributed by atoms with van der Waals surface area (Å²) in [6.07, 6.45) is 4.57. The van der Waals surface area contributed by atoms with Crippen LogP contribution in [0.1, 0.15) is 25.3 Å². The Morgan fingerprint density at radius 3 is 2.79 bits per heavy atom. The summed E-state index contributed by atoms with van der Waals surface area (Å²) >= 11 is 0. The molecule has 0 aromatic carbocycles. The molecule has 1 unspecified atom stereocenters. The van der Waals surface area contributed by atoms with Crippen molar-refractivity contribution in [2.75, 3.05) is 43.9 Å². The van der Waals surface area contributed by atoms with Crippen LogP contribution >= 0.6 is 0 Å². The van der Waals surface area contributed by atoms with E-state index in [0.29, 0.717) is 11.9 Å². The van der Waals surface area contributed by atoms with Crippen molar-refractivity contribution in [1.29, 1.82) is 0 Å². The molecule has 1 aromatic rings. The van der Waals surface area contributed by atoms with Crippen molar-refractivity contribution in [3.63, 3.8) is 0 Å². The number of hydrogen-bond donors (Lipinski definition) is 2. The second-order valence-electron chi connectivity index (χ2n) is 5.47. The SMILES string of the molecule is CNc1ncc(C)c(NCC(C)CN2CCCC2)n1. The summed E-state index contributed by atoms with van der Waals surface area (Å²) < 4.78 is 0. The highest BCUT2D eigenvalue weighted by Gasteiger charge is 2.14. The quantitative estimate of drug-likeness (QED) is 0.822. The molecule has 19 heavy (non-hydrogen) atoms. The minimum atomic E-state index is 0.630. The van der Waals surface area contributed by atoms with Gasteiger partial charge in [0.2, 0.25) is 5.95 Å². The average molecular weight is 263 g/mol. The number of nitrogens with zero attached hydrogens (tertiary/aromatic N) is 3. The van der Waals surface area contributed by atoms with Gasteiger partial charge in [-0.1, -0.05) is 6.92 Å². The van der Waals surface area contributed by atoms with E-state index in [1.807, 2.05) is 20.2 Å². The predicted molar refractivity (Wildman–Crippen MR) is 79.6 cm³/mol. The fourth-order valence-corrected chi connectivity index (χ4v) is 2.48. The third kappa shape index (κ3) is 4.06. The molecule has 0 amide bonds. The maximum absolute atomic E-state index is 4.45. The minimum absolute atomic E-state index is 0.630. The molecule has 0 spiro atoms. The summed E-state index contributed by atoms with van der Waals surface area (Å²) in [7, 11) is 1.84. The summed E-state index contributed by atoms with van der Waals surface area (Å²) in [6.45, 7) is 8.99. The van der Waals surface area contributed by atoms with E-state index in [0.717, 1.165) is 17.9 Å². The Kier molecular flexibility index (Phi) is 4.96. The van der Waals surface area contributed by atoms with E-state index < -0.39 is 0 Å². The molecular formula is C14H25N5. The van der Waals surface area contributed by atoms with Crippen LogP contribution in [0.15, 0.2) is 6.20 Å². The van der Waals surface area contributed by atoms with Gasteiger partial charge in [0.25, 0.3) is 0 Å². The largest absolute Gasteiger partial charge is 0.369 e. The first-order valence-electron chi connectivity index (χ1n) is 7.16. The molecule has 2 heterocycles. The lowest BCUT2D eigenvalue weighted by Gasteiger charge is -2.21. The van der Waals surface area contributed by atoms with Gasteiger partial charge in [0.05, 0.1) is 0 Å². The second kappa shape index (κ2) is 6.70. The number of nitrogens with one attached hydrogen (secondary N) is 2. The van der Waals surface area contributed by atoms with Crippen LogP contribution in [0.5, 0.6) is 0 Å². The zero-order valence-corrected chi connectivity index (χ0v) is 12.2. The lowest BCUT2D eigenvalue weighted by Crippen LogP contribution is -2.29. The molecule has 5 heteroatoms. The van der Waals surface area contributed by atoms with Gasteiger partial charge in [0.1, 0.15) is 5.82 Å². The van der Waals surface area contributed by atoms with Crippen molar-refractivity contribution in [2.24, 2.45) is 5.92 Å². The van der Waals surface area contributed by atoms with Gasteiger partial charge in [-0.2, -0.15) is 4.98 Å². The van der Waals surface area contributed by atoms with Gasteiger partial charge < -0.3 is 15.5 Å². The van der Waals surface area contributed by atoms with Crippen LogP contribution in [0.25, 0.3) is 0 Å². The molecule has 1 aliphatic heterocycles. The fourth-order valence-electron chi connectivity index (χ4n) is 2.48. The third-order valence-electron chi connectivity index (χ3n) is 3.58. The number of likely N-dealkylation sites (tertiary alicyclic amines) is 1. The Balaban J connectivity index is 1.83. The van der Waals surface area contributed by atoms with Crippen molar-refractivity contribution in [3.05, 3.63) is 11.8 Å². The normalized spacial score (nSPS) is 17.4. The molecule has 1 atom stereocenters. The lowest BCUT2D eigenvalue weighted by molar-refractivity contribution is 0.294. The monoisotopic (exact) mass is 263 g/mol. The Labute approximate surface area is 115 Å². The van der Waals surface area contributed by atoms with Gasteiger partial charge in [0.15, 0.2) is 0 Å². The van der Waals surface area contributed by atoms with Gasteiger partial charge in [-0.15, -0.1) is 0 Å². The molecule has 1 aromatic heterocycles. The molecule has 0 bridgehead atoms. The standard InChI is InChI=1S/C14H25N5/c1-11(10-19-6-4-5-7-19)8-16-13-12(2)9-17-14(15-3)18-13/h9,11H,4-8,10H2,1-3H3,(H2,15,16,17,18). The van der Waals surface area contributed by atoms with E-state index in [1.165, 1.54) is 32.5 Å². The van der Waals surface area contributed by atoms with Crippen LogP contribution in [0.4, 0.5) is 11.8 Å². The Bertz CT molecular complexity index is 401. The van der Waals surface area contributed by atoms with E-state index in [1.54, 1.807) is 0 Å². The first-order valence-corrected chi connectivity index (χ1v) is 7.16. The van der Waals surface area contributed by atoms with Gasteiger partial charge in [-0.3, -0.25) is 0 Å². The number of hydrogen-bond acceptors (Lipinski definition) is 5. The van der Waals surface area contributed by atoms with Crippen LogP contribution in [-0.2, 0) is 0 Å². The van der Waals surface area contributed by atoms with E-state index in [2.05, 4.69) is 32.4 Å². The minimum Gasteiger partial charge on any atom is -0.369 e. The molecule has 0 aliphatic carbocycles. The Morgan fingerprint density at radius 1 is 1.37 bits per heavy atom.